The third kappa shape index (κ3) is 4.49. The number of ether oxygens (including phenoxy) is 1. The highest BCUT2D eigenvalue weighted by molar-refractivity contribution is 7.15. The van der Waals surface area contributed by atoms with Crippen molar-refractivity contribution in [1.29, 1.82) is 0 Å². The largest absolute Gasteiger partial charge is 0.383 e. The molecular formula is C15H22N4O3S. The van der Waals surface area contributed by atoms with Gasteiger partial charge in [0.2, 0.25) is 11.8 Å². The SMILES string of the molecule is COCCNC(=O)CN1CCc2nc(NC(=O)C3CC3)sc2C1. The van der Waals surface area contributed by atoms with E-state index in [4.69, 9.17) is 4.74 Å². The number of hydrogen-bond acceptors (Lipinski definition) is 6. The molecule has 0 radical (unpaired) electrons. The molecule has 3 rings (SSSR count). The molecule has 0 bridgehead atoms. The first-order valence-electron chi connectivity index (χ1n) is 7.93. The molecule has 1 fully saturated rings. The van der Waals surface area contributed by atoms with E-state index in [0.29, 0.717) is 31.4 Å². The Bertz CT molecular complexity index is 585. The van der Waals surface area contributed by atoms with Crippen LogP contribution in [0, 0.1) is 5.92 Å². The Hall–Kier alpha value is -1.51. The fourth-order valence-electron chi connectivity index (χ4n) is 2.54. The van der Waals surface area contributed by atoms with E-state index in [0.717, 1.165) is 36.4 Å². The predicted octanol–water partition coefficient (Wildman–Crippen LogP) is 0.612. The van der Waals surface area contributed by atoms with Crippen molar-refractivity contribution < 1.29 is 14.3 Å². The van der Waals surface area contributed by atoms with Crippen LogP contribution < -0.4 is 10.6 Å². The molecule has 1 aromatic rings. The third-order valence-corrected chi connectivity index (χ3v) is 4.98. The first-order chi connectivity index (χ1) is 11.2. The number of nitrogens with zero attached hydrogens (tertiary/aromatic N) is 2. The number of carbonyl (C=O) groups excluding carboxylic acids is 2. The van der Waals surface area contributed by atoms with Crippen LogP contribution in [0.25, 0.3) is 0 Å². The summed E-state index contributed by atoms with van der Waals surface area (Å²) >= 11 is 1.52. The van der Waals surface area contributed by atoms with E-state index in [2.05, 4.69) is 20.5 Å². The van der Waals surface area contributed by atoms with Crippen LogP contribution in [0.15, 0.2) is 0 Å². The molecule has 1 aromatic heterocycles. The zero-order chi connectivity index (χ0) is 16.2. The summed E-state index contributed by atoms with van der Waals surface area (Å²) in [7, 11) is 1.61. The summed E-state index contributed by atoms with van der Waals surface area (Å²) in [5, 5.41) is 6.43. The van der Waals surface area contributed by atoms with Gasteiger partial charge in [-0.1, -0.05) is 0 Å². The lowest BCUT2D eigenvalue weighted by molar-refractivity contribution is -0.122. The van der Waals surface area contributed by atoms with Gasteiger partial charge in [-0.3, -0.25) is 14.5 Å². The van der Waals surface area contributed by atoms with Crippen molar-refractivity contribution in [2.75, 3.05) is 38.7 Å². The first-order valence-corrected chi connectivity index (χ1v) is 8.75. The molecular weight excluding hydrogens is 316 g/mol. The van der Waals surface area contributed by atoms with E-state index in [1.807, 2.05) is 0 Å². The topological polar surface area (TPSA) is 83.6 Å². The Morgan fingerprint density at radius 2 is 2.26 bits per heavy atom. The molecule has 1 saturated carbocycles. The molecule has 0 unspecified atom stereocenters. The molecule has 0 saturated heterocycles. The van der Waals surface area contributed by atoms with Gasteiger partial charge in [-0.15, -0.1) is 11.3 Å². The van der Waals surface area contributed by atoms with Crippen LogP contribution in [0.5, 0.6) is 0 Å². The number of nitrogens with one attached hydrogen (secondary N) is 2. The molecule has 23 heavy (non-hydrogen) atoms. The monoisotopic (exact) mass is 338 g/mol. The number of hydrogen-bond donors (Lipinski definition) is 2. The maximum absolute atomic E-state index is 11.9. The minimum atomic E-state index is 0.0114. The maximum Gasteiger partial charge on any atom is 0.234 e. The maximum atomic E-state index is 11.9. The van der Waals surface area contributed by atoms with Crippen LogP contribution in [-0.2, 0) is 27.3 Å². The van der Waals surface area contributed by atoms with E-state index in [1.54, 1.807) is 7.11 Å². The first kappa shape index (κ1) is 16.4. The Balaban J connectivity index is 1.50. The van der Waals surface area contributed by atoms with E-state index in [1.165, 1.54) is 11.3 Å². The molecule has 0 atom stereocenters. The van der Waals surface area contributed by atoms with Gasteiger partial charge in [0.25, 0.3) is 0 Å². The molecule has 126 valence electrons. The molecule has 8 heteroatoms. The highest BCUT2D eigenvalue weighted by Gasteiger charge is 2.31. The number of anilines is 1. The second-order valence-corrected chi connectivity index (χ2v) is 7.04. The number of thiazole rings is 1. The smallest absolute Gasteiger partial charge is 0.234 e. The standard InChI is InChI=1S/C15H22N4O3S/c1-22-7-5-16-13(20)9-19-6-4-11-12(8-19)23-15(17-11)18-14(21)10-2-3-10/h10H,2-9H2,1H3,(H,16,20)(H,17,18,21). The van der Waals surface area contributed by atoms with Crippen LogP contribution in [0.4, 0.5) is 5.13 Å². The Morgan fingerprint density at radius 1 is 1.43 bits per heavy atom. The Kier molecular flexibility index (Phi) is 5.24. The van der Waals surface area contributed by atoms with Gasteiger partial charge in [-0.2, -0.15) is 0 Å². The van der Waals surface area contributed by atoms with Crippen molar-refractivity contribution in [1.82, 2.24) is 15.2 Å². The molecule has 0 aromatic carbocycles. The Labute approximate surface area is 139 Å². The predicted molar refractivity (Wildman–Crippen MR) is 87.3 cm³/mol. The molecule has 2 aliphatic rings. The second kappa shape index (κ2) is 7.37. The molecule has 7 nitrogen and oxygen atoms in total. The molecule has 0 spiro atoms. The number of methoxy groups -OCH3 is 1. The summed E-state index contributed by atoms with van der Waals surface area (Å²) in [5.74, 6) is 0.283. The van der Waals surface area contributed by atoms with Gasteiger partial charge < -0.3 is 15.4 Å². The summed E-state index contributed by atoms with van der Waals surface area (Å²) in [6.45, 7) is 2.96. The molecule has 1 aliphatic heterocycles. The molecule has 2 heterocycles. The van der Waals surface area contributed by atoms with Gasteiger partial charge in [-0.25, -0.2) is 4.98 Å². The van der Waals surface area contributed by atoms with Crippen LogP contribution in [0.1, 0.15) is 23.4 Å². The normalized spacial score (nSPS) is 17.6. The van der Waals surface area contributed by atoms with Crippen molar-refractivity contribution in [3.8, 4) is 0 Å². The van der Waals surface area contributed by atoms with Crippen molar-refractivity contribution >= 4 is 28.3 Å². The lowest BCUT2D eigenvalue weighted by Gasteiger charge is -2.25. The zero-order valence-corrected chi connectivity index (χ0v) is 14.1. The summed E-state index contributed by atoms with van der Waals surface area (Å²) in [4.78, 5) is 31.4. The van der Waals surface area contributed by atoms with Gasteiger partial charge in [0, 0.05) is 44.0 Å². The molecule has 1 aliphatic carbocycles. The van der Waals surface area contributed by atoms with Crippen molar-refractivity contribution in [3.05, 3.63) is 10.6 Å². The summed E-state index contributed by atoms with van der Waals surface area (Å²) in [5.41, 5.74) is 1.05. The van der Waals surface area contributed by atoms with Crippen molar-refractivity contribution in [2.24, 2.45) is 5.92 Å². The van der Waals surface area contributed by atoms with Crippen LogP contribution in [-0.4, -0.2) is 55.0 Å². The minimum absolute atomic E-state index is 0.0114. The summed E-state index contributed by atoms with van der Waals surface area (Å²) < 4.78 is 4.91. The second-order valence-electron chi connectivity index (χ2n) is 5.96. The minimum Gasteiger partial charge on any atom is -0.383 e. The lowest BCUT2D eigenvalue weighted by Crippen LogP contribution is -2.40. The summed E-state index contributed by atoms with van der Waals surface area (Å²) in [6.07, 6.45) is 2.79. The van der Waals surface area contributed by atoms with Crippen molar-refractivity contribution in [3.63, 3.8) is 0 Å². The number of aromatic nitrogens is 1. The number of carbonyl (C=O) groups is 2. The summed E-state index contributed by atoms with van der Waals surface area (Å²) in [6, 6.07) is 0. The highest BCUT2D eigenvalue weighted by atomic mass is 32.1. The van der Waals surface area contributed by atoms with Gasteiger partial charge in [-0.05, 0) is 12.8 Å². The lowest BCUT2D eigenvalue weighted by atomic mass is 10.2. The van der Waals surface area contributed by atoms with Gasteiger partial charge in [0.1, 0.15) is 0 Å². The average molecular weight is 338 g/mol. The number of rotatable bonds is 7. The highest BCUT2D eigenvalue weighted by Crippen LogP contribution is 2.32. The quantitative estimate of drug-likeness (QED) is 0.712. The Morgan fingerprint density at radius 3 is 3.00 bits per heavy atom. The average Bonchev–Trinajstić information content (AvgIpc) is 3.29. The van der Waals surface area contributed by atoms with E-state index in [9.17, 15) is 9.59 Å². The van der Waals surface area contributed by atoms with E-state index >= 15 is 0 Å². The third-order valence-electron chi connectivity index (χ3n) is 3.98. The number of amides is 2. The van der Waals surface area contributed by atoms with Crippen LogP contribution >= 0.6 is 11.3 Å². The fraction of sp³-hybridized carbons (Fsp3) is 0.667. The number of fused-ring (bicyclic) bond motifs is 1. The zero-order valence-electron chi connectivity index (χ0n) is 13.3. The van der Waals surface area contributed by atoms with E-state index < -0.39 is 0 Å². The van der Waals surface area contributed by atoms with Crippen LogP contribution in [0.3, 0.4) is 0 Å². The van der Waals surface area contributed by atoms with Gasteiger partial charge in [0.05, 0.1) is 18.8 Å². The van der Waals surface area contributed by atoms with Crippen molar-refractivity contribution in [2.45, 2.75) is 25.8 Å². The van der Waals surface area contributed by atoms with Gasteiger partial charge >= 0.3 is 0 Å². The van der Waals surface area contributed by atoms with Gasteiger partial charge in [0.15, 0.2) is 5.13 Å². The van der Waals surface area contributed by atoms with Crippen LogP contribution in [0.2, 0.25) is 0 Å². The van der Waals surface area contributed by atoms with E-state index in [-0.39, 0.29) is 17.7 Å². The molecule has 2 amide bonds. The fourth-order valence-corrected chi connectivity index (χ4v) is 3.59. The molecule has 2 N–H and O–H groups in total.